The van der Waals surface area contributed by atoms with Crippen LogP contribution in [0.3, 0.4) is 0 Å². The van der Waals surface area contributed by atoms with Crippen LogP contribution in [-0.2, 0) is 17.8 Å². The summed E-state index contributed by atoms with van der Waals surface area (Å²) < 4.78 is 1.77. The van der Waals surface area contributed by atoms with Gasteiger partial charge in [0.2, 0.25) is 0 Å². The number of nitrogens with zero attached hydrogens (tertiary/aromatic N) is 3. The van der Waals surface area contributed by atoms with Gasteiger partial charge in [-0.15, -0.1) is 0 Å². The lowest BCUT2D eigenvalue weighted by Gasteiger charge is -2.24. The Morgan fingerprint density at radius 1 is 1.40 bits per heavy atom. The fraction of sp³-hybridized carbons (Fsp3) is 0.667. The molecular weight excluding hydrogens is 254 g/mol. The molecule has 1 aliphatic rings. The zero-order chi connectivity index (χ0) is 14.7. The summed E-state index contributed by atoms with van der Waals surface area (Å²) in [7, 11) is 0. The van der Waals surface area contributed by atoms with Crippen molar-refractivity contribution in [1.29, 1.82) is 0 Å². The summed E-state index contributed by atoms with van der Waals surface area (Å²) in [5, 5.41) is 4.43. The molecule has 1 aromatic heterocycles. The number of carbonyl (C=O) groups is 2. The molecule has 5 nitrogen and oxygen atoms in total. The number of likely N-dealkylation sites (tertiary alicyclic amines) is 1. The average molecular weight is 277 g/mol. The standard InChI is InChI=1S/C15H23N3O2/c1-4-12-10-14(18(5-2)16-12)15(20)17-8-6-7-13(17)9-11(3)19/h10,13H,4-9H2,1-3H3. The zero-order valence-electron chi connectivity index (χ0n) is 12.6. The van der Waals surface area contributed by atoms with E-state index < -0.39 is 0 Å². The molecule has 2 rings (SSSR count). The van der Waals surface area contributed by atoms with Gasteiger partial charge >= 0.3 is 0 Å². The summed E-state index contributed by atoms with van der Waals surface area (Å²) in [4.78, 5) is 25.9. The van der Waals surface area contributed by atoms with Crippen LogP contribution in [0.2, 0.25) is 0 Å². The Hall–Kier alpha value is -1.65. The van der Waals surface area contributed by atoms with Crippen molar-refractivity contribution >= 4 is 11.7 Å². The van der Waals surface area contributed by atoms with Gasteiger partial charge in [-0.1, -0.05) is 6.92 Å². The van der Waals surface area contributed by atoms with E-state index in [0.29, 0.717) is 18.7 Å². The first-order valence-electron chi connectivity index (χ1n) is 7.43. The van der Waals surface area contributed by atoms with Gasteiger partial charge in [-0.05, 0) is 39.2 Å². The number of hydrogen-bond acceptors (Lipinski definition) is 3. The Morgan fingerprint density at radius 3 is 2.75 bits per heavy atom. The van der Waals surface area contributed by atoms with Crippen LogP contribution in [0.25, 0.3) is 0 Å². The summed E-state index contributed by atoms with van der Waals surface area (Å²) in [6.07, 6.45) is 3.19. The molecule has 0 aromatic carbocycles. The molecule has 1 unspecified atom stereocenters. The van der Waals surface area contributed by atoms with Crippen LogP contribution in [0.4, 0.5) is 0 Å². The van der Waals surface area contributed by atoms with Gasteiger partial charge in [-0.25, -0.2) is 0 Å². The fourth-order valence-corrected chi connectivity index (χ4v) is 2.85. The summed E-state index contributed by atoms with van der Waals surface area (Å²) in [6.45, 7) is 7.04. The molecular formula is C15H23N3O2. The molecule has 0 bridgehead atoms. The zero-order valence-corrected chi connectivity index (χ0v) is 12.6. The van der Waals surface area contributed by atoms with Crippen molar-refractivity contribution in [1.82, 2.24) is 14.7 Å². The lowest BCUT2D eigenvalue weighted by Crippen LogP contribution is -2.37. The highest BCUT2D eigenvalue weighted by Crippen LogP contribution is 2.23. The molecule has 0 saturated carbocycles. The summed E-state index contributed by atoms with van der Waals surface area (Å²) in [5.41, 5.74) is 1.59. The van der Waals surface area contributed by atoms with Crippen molar-refractivity contribution in [2.24, 2.45) is 0 Å². The molecule has 1 atom stereocenters. The van der Waals surface area contributed by atoms with Crippen LogP contribution in [0, 0.1) is 0 Å². The highest BCUT2D eigenvalue weighted by atomic mass is 16.2. The molecule has 110 valence electrons. The molecule has 5 heteroatoms. The smallest absolute Gasteiger partial charge is 0.272 e. The Bertz CT molecular complexity index is 507. The number of aryl methyl sites for hydroxylation is 2. The van der Waals surface area contributed by atoms with Gasteiger partial charge in [0.15, 0.2) is 0 Å². The predicted octanol–water partition coefficient (Wildman–Crippen LogP) is 2.05. The van der Waals surface area contributed by atoms with Crippen LogP contribution < -0.4 is 0 Å². The number of ketones is 1. The molecule has 0 aliphatic carbocycles. The lowest BCUT2D eigenvalue weighted by molar-refractivity contribution is -0.117. The molecule has 1 aromatic rings. The van der Waals surface area contributed by atoms with Crippen molar-refractivity contribution in [3.05, 3.63) is 17.5 Å². The second kappa shape index (κ2) is 6.20. The van der Waals surface area contributed by atoms with Crippen LogP contribution in [0.15, 0.2) is 6.07 Å². The monoisotopic (exact) mass is 277 g/mol. The van der Waals surface area contributed by atoms with E-state index >= 15 is 0 Å². The fourth-order valence-electron chi connectivity index (χ4n) is 2.85. The second-order valence-electron chi connectivity index (χ2n) is 5.39. The quantitative estimate of drug-likeness (QED) is 0.827. The highest BCUT2D eigenvalue weighted by Gasteiger charge is 2.31. The van der Waals surface area contributed by atoms with E-state index in [4.69, 9.17) is 0 Å². The van der Waals surface area contributed by atoms with Crippen molar-refractivity contribution < 1.29 is 9.59 Å². The molecule has 1 aliphatic heterocycles. The molecule has 0 N–H and O–H groups in total. The minimum absolute atomic E-state index is 0.0165. The molecule has 1 fully saturated rings. The minimum Gasteiger partial charge on any atom is -0.334 e. The number of carbonyl (C=O) groups excluding carboxylic acids is 2. The van der Waals surface area contributed by atoms with Crippen molar-refractivity contribution in [2.45, 2.75) is 59.0 Å². The van der Waals surface area contributed by atoms with E-state index in [-0.39, 0.29) is 17.7 Å². The van der Waals surface area contributed by atoms with E-state index in [2.05, 4.69) is 5.10 Å². The number of Topliss-reactive ketones (excluding diaryl/α,β-unsaturated/α-hetero) is 1. The van der Waals surface area contributed by atoms with Crippen molar-refractivity contribution in [3.63, 3.8) is 0 Å². The third-order valence-electron chi connectivity index (χ3n) is 3.87. The van der Waals surface area contributed by atoms with Gasteiger partial charge in [-0.3, -0.25) is 14.3 Å². The van der Waals surface area contributed by atoms with Crippen molar-refractivity contribution in [3.8, 4) is 0 Å². The van der Waals surface area contributed by atoms with Gasteiger partial charge < -0.3 is 4.90 Å². The van der Waals surface area contributed by atoms with E-state index in [0.717, 1.165) is 31.5 Å². The molecule has 0 spiro atoms. The number of amides is 1. The summed E-state index contributed by atoms with van der Waals surface area (Å²) in [5.74, 6) is 0.163. The Balaban J connectivity index is 2.21. The number of rotatable bonds is 5. The third kappa shape index (κ3) is 2.92. The average Bonchev–Trinajstić information content (AvgIpc) is 3.03. The first kappa shape index (κ1) is 14.8. The van der Waals surface area contributed by atoms with Crippen molar-refractivity contribution in [2.75, 3.05) is 6.54 Å². The summed E-state index contributed by atoms with van der Waals surface area (Å²) in [6, 6.07) is 1.94. The van der Waals surface area contributed by atoms with Gasteiger partial charge in [0, 0.05) is 25.6 Å². The molecule has 2 heterocycles. The molecule has 0 radical (unpaired) electrons. The normalized spacial score (nSPS) is 18.6. The maximum atomic E-state index is 12.7. The SMILES string of the molecule is CCc1cc(C(=O)N2CCCC2CC(C)=O)n(CC)n1. The van der Waals surface area contributed by atoms with Crippen LogP contribution in [0.5, 0.6) is 0 Å². The van der Waals surface area contributed by atoms with Crippen LogP contribution in [0.1, 0.15) is 56.2 Å². The summed E-state index contributed by atoms with van der Waals surface area (Å²) >= 11 is 0. The molecule has 20 heavy (non-hydrogen) atoms. The Kier molecular flexibility index (Phi) is 4.57. The lowest BCUT2D eigenvalue weighted by atomic mass is 10.1. The van der Waals surface area contributed by atoms with Gasteiger partial charge in [0.1, 0.15) is 11.5 Å². The maximum Gasteiger partial charge on any atom is 0.272 e. The van der Waals surface area contributed by atoms with Crippen LogP contribution >= 0.6 is 0 Å². The second-order valence-corrected chi connectivity index (χ2v) is 5.39. The van der Waals surface area contributed by atoms with Gasteiger partial charge in [0.05, 0.1) is 5.69 Å². The first-order chi connectivity index (χ1) is 9.56. The largest absolute Gasteiger partial charge is 0.334 e. The molecule has 1 amide bonds. The number of aromatic nitrogens is 2. The maximum absolute atomic E-state index is 12.7. The minimum atomic E-state index is 0.0165. The topological polar surface area (TPSA) is 55.2 Å². The highest BCUT2D eigenvalue weighted by molar-refractivity contribution is 5.93. The van der Waals surface area contributed by atoms with E-state index in [1.807, 2.05) is 24.8 Å². The van der Waals surface area contributed by atoms with Crippen LogP contribution in [-0.4, -0.2) is 39.0 Å². The van der Waals surface area contributed by atoms with Gasteiger partial charge in [-0.2, -0.15) is 5.10 Å². The van der Waals surface area contributed by atoms with E-state index in [9.17, 15) is 9.59 Å². The predicted molar refractivity (Wildman–Crippen MR) is 76.6 cm³/mol. The van der Waals surface area contributed by atoms with E-state index in [1.165, 1.54) is 0 Å². The Morgan fingerprint density at radius 2 is 2.15 bits per heavy atom. The van der Waals surface area contributed by atoms with E-state index in [1.54, 1.807) is 11.6 Å². The van der Waals surface area contributed by atoms with Gasteiger partial charge in [0.25, 0.3) is 5.91 Å². The first-order valence-corrected chi connectivity index (χ1v) is 7.43. The Labute approximate surface area is 119 Å². The number of hydrogen-bond donors (Lipinski definition) is 0. The molecule has 1 saturated heterocycles. The third-order valence-corrected chi connectivity index (χ3v) is 3.87.